The highest BCUT2D eigenvalue weighted by Gasteiger charge is 2.29. The molecule has 2 heterocycles. The first-order chi connectivity index (χ1) is 9.65. The minimum Gasteiger partial charge on any atom is -0.356 e. The molecule has 2 aromatic rings. The Labute approximate surface area is 121 Å². The Bertz CT molecular complexity index is 632. The van der Waals surface area contributed by atoms with Crippen LogP contribution < -0.4 is 5.32 Å². The number of nitrogens with one attached hydrogen (secondary N) is 1. The number of hydrogen-bond donors (Lipinski definition) is 1. The molecule has 1 fully saturated rings. The second-order valence-electron chi connectivity index (χ2n) is 5.26. The maximum absolute atomic E-state index is 12.4. The predicted octanol–water partition coefficient (Wildman–Crippen LogP) is 2.64. The fourth-order valence-corrected chi connectivity index (χ4v) is 3.61. The van der Waals surface area contributed by atoms with Crippen LogP contribution in [-0.2, 0) is 4.79 Å². The number of Topliss-reactive ketones (excluding diaryl/α,β-unsaturated/α-hetero) is 1. The summed E-state index contributed by atoms with van der Waals surface area (Å²) in [5.74, 6) is -0.0624. The van der Waals surface area contributed by atoms with Crippen LogP contribution in [0.5, 0.6) is 0 Å². The molecule has 5 heteroatoms. The number of para-hydroxylation sites is 1. The van der Waals surface area contributed by atoms with Gasteiger partial charge in [0.2, 0.25) is 5.91 Å². The maximum Gasteiger partial charge on any atom is 0.223 e. The van der Waals surface area contributed by atoms with Crippen LogP contribution in [0.3, 0.4) is 0 Å². The average molecular weight is 288 g/mol. The molecule has 0 aliphatic carbocycles. The van der Waals surface area contributed by atoms with Crippen molar-refractivity contribution in [3.8, 4) is 0 Å². The first kappa shape index (κ1) is 13.2. The van der Waals surface area contributed by atoms with E-state index in [1.165, 1.54) is 11.3 Å². The topological polar surface area (TPSA) is 59.1 Å². The van der Waals surface area contributed by atoms with Gasteiger partial charge in [0, 0.05) is 18.4 Å². The van der Waals surface area contributed by atoms with E-state index < -0.39 is 0 Å². The van der Waals surface area contributed by atoms with Gasteiger partial charge in [-0.2, -0.15) is 0 Å². The summed E-state index contributed by atoms with van der Waals surface area (Å²) in [6.45, 7) is 2.62. The number of nitrogens with zero attached hydrogens (tertiary/aromatic N) is 1. The Morgan fingerprint density at radius 3 is 3.00 bits per heavy atom. The van der Waals surface area contributed by atoms with E-state index in [4.69, 9.17) is 0 Å². The van der Waals surface area contributed by atoms with Crippen LogP contribution in [0.25, 0.3) is 10.2 Å². The van der Waals surface area contributed by atoms with E-state index in [0.29, 0.717) is 11.4 Å². The van der Waals surface area contributed by atoms with Crippen LogP contribution >= 0.6 is 11.3 Å². The van der Waals surface area contributed by atoms with Crippen molar-refractivity contribution in [3.63, 3.8) is 0 Å². The minimum absolute atomic E-state index is 0.0247. The number of fused-ring (bicyclic) bond motifs is 1. The van der Waals surface area contributed by atoms with Gasteiger partial charge in [-0.15, -0.1) is 11.3 Å². The van der Waals surface area contributed by atoms with Crippen LogP contribution in [0, 0.1) is 11.8 Å². The molecule has 1 saturated heterocycles. The highest BCUT2D eigenvalue weighted by Crippen LogP contribution is 2.27. The molecule has 3 rings (SSSR count). The molecule has 1 aromatic heterocycles. The molecule has 0 radical (unpaired) electrons. The Morgan fingerprint density at radius 2 is 2.30 bits per heavy atom. The highest BCUT2D eigenvalue weighted by atomic mass is 32.1. The number of rotatable bonds is 4. The molecule has 1 N–H and O–H groups in total. The molecular weight excluding hydrogens is 272 g/mol. The molecule has 0 unspecified atom stereocenters. The number of carbonyl (C=O) groups excluding carboxylic acids is 2. The van der Waals surface area contributed by atoms with Crippen molar-refractivity contribution in [3.05, 3.63) is 29.3 Å². The van der Waals surface area contributed by atoms with E-state index in [-0.39, 0.29) is 23.5 Å². The van der Waals surface area contributed by atoms with E-state index in [0.717, 1.165) is 23.2 Å². The fourth-order valence-electron chi connectivity index (χ4n) is 2.59. The summed E-state index contributed by atoms with van der Waals surface area (Å²) in [5.41, 5.74) is 0.867. The van der Waals surface area contributed by atoms with Crippen molar-refractivity contribution < 1.29 is 9.59 Å². The Balaban J connectivity index is 1.75. The smallest absolute Gasteiger partial charge is 0.223 e. The van der Waals surface area contributed by atoms with Crippen molar-refractivity contribution in [1.82, 2.24) is 10.3 Å². The number of amides is 1. The summed E-state index contributed by atoms with van der Waals surface area (Å²) in [4.78, 5) is 28.4. The molecule has 4 nitrogen and oxygen atoms in total. The number of aromatic nitrogens is 1. The molecule has 0 saturated carbocycles. The van der Waals surface area contributed by atoms with Gasteiger partial charge in [0.1, 0.15) is 0 Å². The van der Waals surface area contributed by atoms with Crippen LogP contribution in [0.1, 0.15) is 29.6 Å². The molecule has 1 aliphatic rings. The van der Waals surface area contributed by atoms with Crippen molar-refractivity contribution in [1.29, 1.82) is 0 Å². The van der Waals surface area contributed by atoms with Gasteiger partial charge in [-0.25, -0.2) is 4.98 Å². The fraction of sp³-hybridized carbons (Fsp3) is 0.400. The first-order valence-electron chi connectivity index (χ1n) is 6.82. The molecular formula is C15H16N2O2S. The van der Waals surface area contributed by atoms with Gasteiger partial charge >= 0.3 is 0 Å². The van der Waals surface area contributed by atoms with Gasteiger partial charge in [0.25, 0.3) is 0 Å². The van der Waals surface area contributed by atoms with Gasteiger partial charge in [-0.05, 0) is 25.0 Å². The molecule has 20 heavy (non-hydrogen) atoms. The summed E-state index contributed by atoms with van der Waals surface area (Å²) in [6.07, 6.45) is 1.44. The number of hydrogen-bond acceptors (Lipinski definition) is 4. The molecule has 1 aliphatic heterocycles. The minimum atomic E-state index is -0.163. The van der Waals surface area contributed by atoms with E-state index in [1.807, 2.05) is 31.2 Å². The van der Waals surface area contributed by atoms with Gasteiger partial charge in [0.05, 0.1) is 10.2 Å². The van der Waals surface area contributed by atoms with Gasteiger partial charge in [-0.1, -0.05) is 19.1 Å². The Hall–Kier alpha value is -1.75. The zero-order valence-electron chi connectivity index (χ0n) is 11.3. The monoisotopic (exact) mass is 288 g/mol. The lowest BCUT2D eigenvalue weighted by molar-refractivity contribution is -0.122. The van der Waals surface area contributed by atoms with Crippen LogP contribution in [0.2, 0.25) is 0 Å². The zero-order chi connectivity index (χ0) is 14.1. The molecule has 1 amide bonds. The van der Waals surface area contributed by atoms with Crippen LogP contribution in [0.15, 0.2) is 24.3 Å². The SMILES string of the molecule is C[C@@H](C[C@@H]1CCNC1=O)C(=O)c1nc2ccccc2s1. The standard InChI is InChI=1S/C15H16N2O2S/c1-9(8-10-6-7-16-14(10)19)13(18)15-17-11-4-2-3-5-12(11)20-15/h2-5,9-10H,6-8H2,1H3,(H,16,19)/t9-,10-/m0/s1. The summed E-state index contributed by atoms with van der Waals surface area (Å²) in [7, 11) is 0. The summed E-state index contributed by atoms with van der Waals surface area (Å²) < 4.78 is 1.03. The van der Waals surface area contributed by atoms with E-state index in [1.54, 1.807) is 0 Å². The number of benzene rings is 1. The first-order valence-corrected chi connectivity index (χ1v) is 7.64. The van der Waals surface area contributed by atoms with Gasteiger partial charge in [-0.3, -0.25) is 9.59 Å². The number of thiazole rings is 1. The third-order valence-corrected chi connectivity index (χ3v) is 4.80. The van der Waals surface area contributed by atoms with Crippen LogP contribution in [-0.4, -0.2) is 23.2 Å². The lowest BCUT2D eigenvalue weighted by atomic mass is 9.92. The number of carbonyl (C=O) groups is 2. The normalized spacial score (nSPS) is 20.1. The number of ketones is 1. The van der Waals surface area contributed by atoms with Crippen molar-refractivity contribution in [2.24, 2.45) is 11.8 Å². The quantitative estimate of drug-likeness (QED) is 0.880. The lowest BCUT2D eigenvalue weighted by Crippen LogP contribution is -2.23. The third kappa shape index (κ3) is 2.45. The zero-order valence-corrected chi connectivity index (χ0v) is 12.1. The largest absolute Gasteiger partial charge is 0.356 e. The lowest BCUT2D eigenvalue weighted by Gasteiger charge is -2.12. The third-order valence-electron chi connectivity index (χ3n) is 3.75. The molecule has 0 bridgehead atoms. The van der Waals surface area contributed by atoms with Crippen LogP contribution in [0.4, 0.5) is 0 Å². The van der Waals surface area contributed by atoms with Crippen molar-refractivity contribution >= 4 is 33.2 Å². The highest BCUT2D eigenvalue weighted by molar-refractivity contribution is 7.20. The second-order valence-corrected chi connectivity index (χ2v) is 6.30. The molecule has 2 atom stereocenters. The van der Waals surface area contributed by atoms with Crippen molar-refractivity contribution in [2.45, 2.75) is 19.8 Å². The maximum atomic E-state index is 12.4. The van der Waals surface area contributed by atoms with E-state index in [9.17, 15) is 9.59 Å². The van der Waals surface area contributed by atoms with Gasteiger partial charge in [0.15, 0.2) is 10.8 Å². The predicted molar refractivity (Wildman–Crippen MR) is 78.8 cm³/mol. The summed E-state index contributed by atoms with van der Waals surface area (Å²) in [5, 5.41) is 3.36. The van der Waals surface area contributed by atoms with E-state index in [2.05, 4.69) is 10.3 Å². The van der Waals surface area contributed by atoms with Gasteiger partial charge < -0.3 is 5.32 Å². The molecule has 1 aromatic carbocycles. The molecule has 0 spiro atoms. The average Bonchev–Trinajstić information content (AvgIpc) is 3.04. The van der Waals surface area contributed by atoms with Crippen molar-refractivity contribution in [2.75, 3.05) is 6.54 Å². The van der Waals surface area contributed by atoms with E-state index >= 15 is 0 Å². The Morgan fingerprint density at radius 1 is 1.50 bits per heavy atom. The summed E-state index contributed by atoms with van der Waals surface area (Å²) >= 11 is 1.43. The second kappa shape index (κ2) is 5.32. The molecule has 104 valence electrons. The summed E-state index contributed by atoms with van der Waals surface area (Å²) in [6, 6.07) is 7.75. The Kier molecular flexibility index (Phi) is 3.53.